The first kappa shape index (κ1) is 16.2. The molecule has 5 nitrogen and oxygen atoms in total. The number of rotatable bonds is 4. The molecule has 0 unspecified atom stereocenters. The van der Waals surface area contributed by atoms with Gasteiger partial charge in [0.25, 0.3) is 0 Å². The van der Waals surface area contributed by atoms with E-state index >= 15 is 0 Å². The van der Waals surface area contributed by atoms with Crippen LogP contribution in [0.15, 0.2) is 29.2 Å². The number of hydrogen-bond acceptors (Lipinski definition) is 4. The first-order chi connectivity index (χ1) is 9.71. The van der Waals surface area contributed by atoms with Crippen LogP contribution in [-0.2, 0) is 25.7 Å². The highest BCUT2D eigenvalue weighted by molar-refractivity contribution is 7.89. The molecule has 0 atom stereocenters. The van der Waals surface area contributed by atoms with Gasteiger partial charge in [-0.25, -0.2) is 8.42 Å². The molecule has 0 N–H and O–H groups in total. The molecular formula is C12H14F3NO4S. The number of hydrogen-bond donors (Lipinski definition) is 0. The van der Waals surface area contributed by atoms with E-state index in [2.05, 4.69) is 0 Å². The summed E-state index contributed by atoms with van der Waals surface area (Å²) >= 11 is 0. The van der Waals surface area contributed by atoms with Gasteiger partial charge in [0, 0.05) is 7.05 Å². The Labute approximate surface area is 120 Å². The SMILES string of the molecule is CN(CC1OCCO1)S(=O)(=O)c1ccc(C(F)(F)F)cc1. The minimum absolute atomic E-state index is 0.0244. The van der Waals surface area contributed by atoms with Crippen LogP contribution < -0.4 is 0 Å². The molecule has 1 aromatic rings. The number of nitrogens with zero attached hydrogens (tertiary/aromatic N) is 1. The summed E-state index contributed by atoms with van der Waals surface area (Å²) < 4.78 is 73.1. The van der Waals surface area contributed by atoms with Crippen LogP contribution in [0.25, 0.3) is 0 Å². The van der Waals surface area contributed by atoms with Gasteiger partial charge in [0.1, 0.15) is 0 Å². The average molecular weight is 325 g/mol. The highest BCUT2D eigenvalue weighted by Gasteiger charge is 2.31. The Hall–Kier alpha value is -1.16. The molecule has 1 aliphatic heterocycles. The molecule has 0 bridgehead atoms. The number of benzene rings is 1. The first-order valence-corrected chi connectivity index (χ1v) is 7.52. The second-order valence-electron chi connectivity index (χ2n) is 4.48. The largest absolute Gasteiger partial charge is 0.416 e. The monoisotopic (exact) mass is 325 g/mol. The van der Waals surface area contributed by atoms with E-state index in [9.17, 15) is 21.6 Å². The average Bonchev–Trinajstić information content (AvgIpc) is 2.90. The summed E-state index contributed by atoms with van der Waals surface area (Å²) in [7, 11) is -2.57. The summed E-state index contributed by atoms with van der Waals surface area (Å²) in [4.78, 5) is -0.212. The van der Waals surface area contributed by atoms with Crippen LogP contribution in [0.2, 0.25) is 0 Å². The van der Waals surface area contributed by atoms with E-state index in [1.807, 2.05) is 0 Å². The molecule has 1 saturated heterocycles. The van der Waals surface area contributed by atoms with Crippen LogP contribution in [-0.4, -0.2) is 45.8 Å². The molecule has 1 heterocycles. The van der Waals surface area contributed by atoms with Gasteiger partial charge in [0.05, 0.1) is 30.2 Å². The molecular weight excluding hydrogens is 311 g/mol. The molecule has 0 spiro atoms. The van der Waals surface area contributed by atoms with Crippen molar-refractivity contribution in [2.45, 2.75) is 17.4 Å². The van der Waals surface area contributed by atoms with Gasteiger partial charge in [-0.15, -0.1) is 0 Å². The summed E-state index contributed by atoms with van der Waals surface area (Å²) in [6.45, 7) is 0.751. The minimum atomic E-state index is -4.50. The number of sulfonamides is 1. The Morgan fingerprint density at radius 3 is 2.19 bits per heavy atom. The molecule has 0 aliphatic carbocycles. The van der Waals surface area contributed by atoms with E-state index in [1.165, 1.54) is 7.05 Å². The van der Waals surface area contributed by atoms with E-state index in [4.69, 9.17) is 9.47 Å². The maximum Gasteiger partial charge on any atom is 0.416 e. The van der Waals surface area contributed by atoms with E-state index in [0.717, 1.165) is 28.6 Å². The standard InChI is InChI=1S/C12H14F3NO4S/c1-16(8-11-19-6-7-20-11)21(17,18)10-4-2-9(3-5-10)12(13,14)15/h2-5,11H,6-8H2,1H3. The highest BCUT2D eigenvalue weighted by atomic mass is 32.2. The molecule has 0 amide bonds. The van der Waals surface area contributed by atoms with Gasteiger partial charge in [0.15, 0.2) is 6.29 Å². The topological polar surface area (TPSA) is 55.8 Å². The smallest absolute Gasteiger partial charge is 0.349 e. The number of alkyl halides is 3. The molecule has 0 saturated carbocycles. The first-order valence-electron chi connectivity index (χ1n) is 6.08. The van der Waals surface area contributed by atoms with E-state index in [-0.39, 0.29) is 11.4 Å². The lowest BCUT2D eigenvalue weighted by molar-refractivity contribution is -0.137. The Balaban J connectivity index is 2.14. The van der Waals surface area contributed by atoms with Crippen molar-refractivity contribution in [1.82, 2.24) is 4.31 Å². The van der Waals surface area contributed by atoms with E-state index in [0.29, 0.717) is 13.2 Å². The third-order valence-electron chi connectivity index (χ3n) is 2.99. The van der Waals surface area contributed by atoms with Crippen molar-refractivity contribution < 1.29 is 31.1 Å². The van der Waals surface area contributed by atoms with Crippen molar-refractivity contribution in [3.8, 4) is 0 Å². The summed E-state index contributed by atoms with van der Waals surface area (Å²) in [5, 5.41) is 0. The van der Waals surface area contributed by atoms with Gasteiger partial charge >= 0.3 is 6.18 Å². The summed E-state index contributed by atoms with van der Waals surface area (Å²) in [6.07, 6.45) is -5.15. The third kappa shape index (κ3) is 3.73. The van der Waals surface area contributed by atoms with Crippen molar-refractivity contribution in [3.63, 3.8) is 0 Å². The Kier molecular flexibility index (Phi) is 4.57. The molecule has 9 heteroatoms. The molecule has 1 aliphatic rings. The molecule has 1 fully saturated rings. The molecule has 2 rings (SSSR count). The lowest BCUT2D eigenvalue weighted by atomic mass is 10.2. The molecule has 0 aromatic heterocycles. The van der Waals surface area contributed by atoms with Crippen molar-refractivity contribution in [3.05, 3.63) is 29.8 Å². The van der Waals surface area contributed by atoms with Crippen LogP contribution in [0.4, 0.5) is 13.2 Å². The zero-order chi connectivity index (χ0) is 15.7. The lowest BCUT2D eigenvalue weighted by Gasteiger charge is -2.20. The number of likely N-dealkylation sites (N-methyl/N-ethyl adjacent to an activating group) is 1. The van der Waals surface area contributed by atoms with Gasteiger partial charge in [-0.05, 0) is 24.3 Å². The van der Waals surface area contributed by atoms with E-state index < -0.39 is 28.1 Å². The molecule has 0 radical (unpaired) electrons. The number of halogens is 3. The van der Waals surface area contributed by atoms with Gasteiger partial charge in [-0.1, -0.05) is 0 Å². The second-order valence-corrected chi connectivity index (χ2v) is 6.52. The fraction of sp³-hybridized carbons (Fsp3) is 0.500. The Bertz CT molecular complexity index is 580. The van der Waals surface area contributed by atoms with Crippen LogP contribution in [0.1, 0.15) is 5.56 Å². The van der Waals surface area contributed by atoms with Crippen molar-refractivity contribution >= 4 is 10.0 Å². The maximum absolute atomic E-state index is 12.5. The molecule has 21 heavy (non-hydrogen) atoms. The van der Waals surface area contributed by atoms with Crippen LogP contribution >= 0.6 is 0 Å². The number of ether oxygens (including phenoxy) is 2. The third-order valence-corrected chi connectivity index (χ3v) is 4.82. The Morgan fingerprint density at radius 1 is 1.19 bits per heavy atom. The van der Waals surface area contributed by atoms with E-state index in [1.54, 1.807) is 0 Å². The highest BCUT2D eigenvalue weighted by Crippen LogP contribution is 2.30. The van der Waals surface area contributed by atoms with Crippen LogP contribution in [0.5, 0.6) is 0 Å². The van der Waals surface area contributed by atoms with Gasteiger partial charge in [-0.3, -0.25) is 0 Å². The normalized spacial score (nSPS) is 17.6. The molecule has 1 aromatic carbocycles. The van der Waals surface area contributed by atoms with Crippen molar-refractivity contribution in [1.29, 1.82) is 0 Å². The second kappa shape index (κ2) is 5.91. The van der Waals surface area contributed by atoms with Crippen molar-refractivity contribution in [2.75, 3.05) is 26.8 Å². The maximum atomic E-state index is 12.5. The zero-order valence-electron chi connectivity index (χ0n) is 11.1. The van der Waals surface area contributed by atoms with Gasteiger partial charge in [-0.2, -0.15) is 17.5 Å². The predicted molar refractivity (Wildman–Crippen MR) is 67.0 cm³/mol. The lowest BCUT2D eigenvalue weighted by Crippen LogP contribution is -2.34. The van der Waals surface area contributed by atoms with Crippen molar-refractivity contribution in [2.24, 2.45) is 0 Å². The summed E-state index contributed by atoms with van der Waals surface area (Å²) in [5.41, 5.74) is -0.897. The van der Waals surface area contributed by atoms with Crippen LogP contribution in [0.3, 0.4) is 0 Å². The predicted octanol–water partition coefficient (Wildman–Crippen LogP) is 1.70. The van der Waals surface area contributed by atoms with Gasteiger partial charge in [0.2, 0.25) is 10.0 Å². The van der Waals surface area contributed by atoms with Gasteiger partial charge < -0.3 is 9.47 Å². The fourth-order valence-corrected chi connectivity index (χ4v) is 2.97. The quantitative estimate of drug-likeness (QED) is 0.845. The summed E-state index contributed by atoms with van der Waals surface area (Å²) in [6, 6.07) is 3.35. The fourth-order valence-electron chi connectivity index (χ4n) is 1.82. The summed E-state index contributed by atoms with van der Waals surface area (Å²) in [5.74, 6) is 0. The Morgan fingerprint density at radius 2 is 1.71 bits per heavy atom. The molecule has 118 valence electrons. The van der Waals surface area contributed by atoms with Crippen LogP contribution in [0, 0.1) is 0 Å². The minimum Gasteiger partial charge on any atom is -0.349 e. The zero-order valence-corrected chi connectivity index (χ0v) is 11.9.